The summed E-state index contributed by atoms with van der Waals surface area (Å²) in [6.45, 7) is 4.05. The molecule has 5 heteroatoms. The van der Waals surface area contributed by atoms with Crippen LogP contribution in [0, 0.1) is 13.8 Å². The third-order valence-corrected chi connectivity index (χ3v) is 7.06. The van der Waals surface area contributed by atoms with E-state index in [4.69, 9.17) is 24.9 Å². The molecule has 0 N–H and O–H groups in total. The highest BCUT2D eigenvalue weighted by atomic mass is 15.0. The fourth-order valence-electron chi connectivity index (χ4n) is 5.07. The molecule has 4 aromatic carbocycles. The van der Waals surface area contributed by atoms with Gasteiger partial charge in [0.25, 0.3) is 0 Å². The fourth-order valence-corrected chi connectivity index (χ4v) is 5.07. The molecule has 0 unspecified atom stereocenters. The minimum absolute atomic E-state index is 0.640. The molecule has 0 fully saturated rings. The number of hydrogen-bond acceptors (Lipinski definition) is 5. The van der Waals surface area contributed by atoms with Gasteiger partial charge in [-0.05, 0) is 37.1 Å². The molecule has 0 spiro atoms. The summed E-state index contributed by atoms with van der Waals surface area (Å²) in [5, 5.41) is 2.18. The Kier molecular flexibility index (Phi) is 5.82. The van der Waals surface area contributed by atoms with Gasteiger partial charge >= 0.3 is 0 Å². The third-order valence-electron chi connectivity index (χ3n) is 7.06. The van der Waals surface area contributed by atoms with Gasteiger partial charge in [0, 0.05) is 38.9 Å². The van der Waals surface area contributed by atoms with Crippen molar-refractivity contribution >= 4 is 21.8 Å². The predicted octanol–water partition coefficient (Wildman–Crippen LogP) is 8.25. The van der Waals surface area contributed by atoms with Crippen LogP contribution in [0.2, 0.25) is 0 Å². The van der Waals surface area contributed by atoms with Crippen LogP contribution in [0.3, 0.4) is 0 Å². The lowest BCUT2D eigenvalue weighted by molar-refractivity contribution is 1.07. The molecular formula is C35H25N5. The second-order valence-electron chi connectivity index (χ2n) is 9.91. The zero-order valence-corrected chi connectivity index (χ0v) is 22.2. The van der Waals surface area contributed by atoms with Gasteiger partial charge in [-0.25, -0.2) is 15.0 Å². The van der Waals surface area contributed by atoms with Crippen LogP contribution in [0.4, 0.5) is 0 Å². The van der Waals surface area contributed by atoms with Crippen LogP contribution in [0.5, 0.6) is 0 Å². The molecule has 3 aromatic heterocycles. The maximum atomic E-state index is 4.88. The van der Waals surface area contributed by atoms with E-state index < -0.39 is 0 Å². The van der Waals surface area contributed by atoms with Gasteiger partial charge in [0.1, 0.15) is 0 Å². The number of pyridine rings is 2. The van der Waals surface area contributed by atoms with Gasteiger partial charge in [0.05, 0.1) is 11.0 Å². The van der Waals surface area contributed by atoms with Crippen molar-refractivity contribution < 1.29 is 0 Å². The Morgan fingerprint density at radius 2 is 0.900 bits per heavy atom. The van der Waals surface area contributed by atoms with Gasteiger partial charge in [-0.2, -0.15) is 0 Å². The molecule has 0 aliphatic carbocycles. The Morgan fingerprint density at radius 3 is 1.50 bits per heavy atom. The summed E-state index contributed by atoms with van der Waals surface area (Å²) < 4.78 is 0. The number of nitrogens with zero attached hydrogens (tertiary/aromatic N) is 5. The number of aryl methyl sites for hydroxylation is 2. The van der Waals surface area contributed by atoms with Crippen molar-refractivity contribution in [2.45, 2.75) is 13.8 Å². The molecule has 0 aliphatic rings. The fraction of sp³-hybridized carbons (Fsp3) is 0.0571. The van der Waals surface area contributed by atoms with E-state index in [9.17, 15) is 0 Å². The maximum absolute atomic E-state index is 4.88. The van der Waals surface area contributed by atoms with E-state index in [-0.39, 0.29) is 0 Å². The van der Waals surface area contributed by atoms with Crippen LogP contribution < -0.4 is 0 Å². The summed E-state index contributed by atoms with van der Waals surface area (Å²) in [7, 11) is 0. The molecule has 0 radical (unpaired) electrons. The molecule has 7 rings (SSSR count). The summed E-state index contributed by atoms with van der Waals surface area (Å²) in [6.07, 6.45) is 0. The first kappa shape index (κ1) is 23.8. The first-order valence-corrected chi connectivity index (χ1v) is 13.3. The van der Waals surface area contributed by atoms with Gasteiger partial charge in [-0.1, -0.05) is 103 Å². The first-order valence-electron chi connectivity index (χ1n) is 13.3. The summed E-state index contributed by atoms with van der Waals surface area (Å²) in [6, 6.07) is 39.0. The van der Waals surface area contributed by atoms with E-state index in [2.05, 4.69) is 48.5 Å². The SMILES string of the molecule is Cc1ccc2ccc3c(-c4ccc(-c5nc(-c6ccccc6)nc(-c6ccccc6)n5)cc4)cc(C)nc3c2n1. The summed E-state index contributed by atoms with van der Waals surface area (Å²) in [5.41, 5.74) is 8.87. The summed E-state index contributed by atoms with van der Waals surface area (Å²) in [5.74, 6) is 1.94. The van der Waals surface area contributed by atoms with E-state index in [0.29, 0.717) is 17.5 Å². The largest absolute Gasteiger partial charge is 0.251 e. The van der Waals surface area contributed by atoms with Gasteiger partial charge in [0.15, 0.2) is 17.5 Å². The molecule has 0 amide bonds. The summed E-state index contributed by atoms with van der Waals surface area (Å²) in [4.78, 5) is 24.2. The van der Waals surface area contributed by atoms with Gasteiger partial charge < -0.3 is 0 Å². The quantitative estimate of drug-likeness (QED) is 0.221. The molecule has 3 heterocycles. The van der Waals surface area contributed by atoms with Crippen molar-refractivity contribution in [3.63, 3.8) is 0 Å². The molecule has 7 aromatic rings. The molecule has 0 aliphatic heterocycles. The first-order chi connectivity index (χ1) is 19.6. The lowest BCUT2D eigenvalue weighted by Crippen LogP contribution is -2.00. The molecule has 0 saturated heterocycles. The second-order valence-corrected chi connectivity index (χ2v) is 9.91. The Labute approximate surface area is 232 Å². The number of fused-ring (bicyclic) bond motifs is 3. The van der Waals surface area contributed by atoms with Crippen molar-refractivity contribution in [3.05, 3.63) is 127 Å². The van der Waals surface area contributed by atoms with Crippen LogP contribution in [0.1, 0.15) is 11.4 Å². The van der Waals surface area contributed by atoms with Gasteiger partial charge in [-0.15, -0.1) is 0 Å². The molecule has 0 saturated carbocycles. The molecule has 0 bridgehead atoms. The Morgan fingerprint density at radius 1 is 0.400 bits per heavy atom. The van der Waals surface area contributed by atoms with Crippen molar-refractivity contribution in [3.8, 4) is 45.3 Å². The maximum Gasteiger partial charge on any atom is 0.164 e. The van der Waals surface area contributed by atoms with E-state index in [1.165, 1.54) is 0 Å². The Bertz CT molecular complexity index is 1940. The number of aromatic nitrogens is 5. The molecule has 5 nitrogen and oxygen atoms in total. The summed E-state index contributed by atoms with van der Waals surface area (Å²) >= 11 is 0. The van der Waals surface area contributed by atoms with Crippen LogP contribution in [0.25, 0.3) is 67.1 Å². The van der Waals surface area contributed by atoms with Crippen LogP contribution in [-0.4, -0.2) is 24.9 Å². The van der Waals surface area contributed by atoms with E-state index in [1.54, 1.807) is 0 Å². The van der Waals surface area contributed by atoms with E-state index in [1.807, 2.05) is 80.6 Å². The highest BCUT2D eigenvalue weighted by Crippen LogP contribution is 2.33. The zero-order valence-electron chi connectivity index (χ0n) is 22.2. The minimum atomic E-state index is 0.640. The lowest BCUT2D eigenvalue weighted by atomic mass is 9.97. The lowest BCUT2D eigenvalue weighted by Gasteiger charge is -2.12. The zero-order chi connectivity index (χ0) is 27.1. The topological polar surface area (TPSA) is 64.5 Å². The van der Waals surface area contributed by atoms with Crippen molar-refractivity contribution in [2.24, 2.45) is 0 Å². The predicted molar refractivity (Wildman–Crippen MR) is 162 cm³/mol. The highest BCUT2D eigenvalue weighted by molar-refractivity contribution is 6.08. The van der Waals surface area contributed by atoms with Crippen LogP contribution in [0.15, 0.2) is 115 Å². The molecule has 0 atom stereocenters. The average Bonchev–Trinajstić information content (AvgIpc) is 3.01. The van der Waals surface area contributed by atoms with Crippen molar-refractivity contribution in [1.29, 1.82) is 0 Å². The smallest absolute Gasteiger partial charge is 0.164 e. The highest BCUT2D eigenvalue weighted by Gasteiger charge is 2.14. The average molecular weight is 516 g/mol. The Hall–Kier alpha value is -5.29. The van der Waals surface area contributed by atoms with Crippen LogP contribution >= 0.6 is 0 Å². The minimum Gasteiger partial charge on any atom is -0.251 e. The number of benzene rings is 4. The standard InChI is InChI=1S/C35H25N5/c1-22-13-14-25-19-20-29-30(21-23(2)37-32(29)31(25)36-22)24-15-17-28(18-16-24)35-39-33(26-9-5-3-6-10-26)38-34(40-35)27-11-7-4-8-12-27/h3-21H,1-2H3. The number of hydrogen-bond donors (Lipinski definition) is 0. The van der Waals surface area contributed by atoms with Crippen molar-refractivity contribution in [1.82, 2.24) is 24.9 Å². The van der Waals surface area contributed by atoms with Gasteiger partial charge in [-0.3, -0.25) is 9.97 Å². The Balaban J connectivity index is 1.35. The van der Waals surface area contributed by atoms with Crippen molar-refractivity contribution in [2.75, 3.05) is 0 Å². The van der Waals surface area contributed by atoms with E-state index in [0.717, 1.165) is 61.0 Å². The normalized spacial score (nSPS) is 11.2. The second kappa shape index (κ2) is 9.79. The molecule has 40 heavy (non-hydrogen) atoms. The van der Waals surface area contributed by atoms with E-state index >= 15 is 0 Å². The molecular weight excluding hydrogens is 490 g/mol. The number of rotatable bonds is 4. The van der Waals surface area contributed by atoms with Gasteiger partial charge in [0.2, 0.25) is 0 Å². The molecule has 190 valence electrons. The third kappa shape index (κ3) is 4.37. The monoisotopic (exact) mass is 515 g/mol. The van der Waals surface area contributed by atoms with Crippen LogP contribution in [-0.2, 0) is 0 Å².